The number of piperidine rings is 1. The molecule has 19 heavy (non-hydrogen) atoms. The third kappa shape index (κ3) is 3.35. The van der Waals surface area contributed by atoms with Gasteiger partial charge in [0.1, 0.15) is 5.78 Å². The van der Waals surface area contributed by atoms with E-state index in [2.05, 4.69) is 0 Å². The van der Waals surface area contributed by atoms with Gasteiger partial charge < -0.3 is 4.74 Å². The molecule has 1 aliphatic heterocycles. The minimum atomic E-state index is -3.30. The highest BCUT2D eigenvalue weighted by atomic mass is 32.2. The lowest BCUT2D eigenvalue weighted by molar-refractivity contribution is -0.122. The van der Waals surface area contributed by atoms with E-state index in [1.807, 2.05) is 0 Å². The van der Waals surface area contributed by atoms with Gasteiger partial charge in [-0.15, -0.1) is 0 Å². The van der Waals surface area contributed by atoms with Crippen LogP contribution in [0.15, 0.2) is 0 Å². The van der Waals surface area contributed by atoms with E-state index in [1.165, 1.54) is 7.11 Å². The second-order valence-electron chi connectivity index (χ2n) is 5.45. The highest BCUT2D eigenvalue weighted by molar-refractivity contribution is 7.89. The number of carbonyl (C=O) groups is 1. The summed E-state index contributed by atoms with van der Waals surface area (Å²) in [6, 6.07) is -0.106. The Hall–Kier alpha value is -0.460. The number of ether oxygens (including phenoxy) is 1. The maximum atomic E-state index is 12.4. The second-order valence-corrected chi connectivity index (χ2v) is 7.49. The van der Waals surface area contributed by atoms with Gasteiger partial charge in [0, 0.05) is 32.0 Å². The quantitative estimate of drug-likeness (QED) is 0.762. The zero-order valence-electron chi connectivity index (χ0n) is 11.5. The van der Waals surface area contributed by atoms with E-state index in [0.29, 0.717) is 13.0 Å². The molecule has 1 saturated heterocycles. The van der Waals surface area contributed by atoms with Gasteiger partial charge in [0.25, 0.3) is 0 Å². The maximum absolute atomic E-state index is 12.4. The van der Waals surface area contributed by atoms with E-state index in [1.54, 1.807) is 4.31 Å². The Morgan fingerprint density at radius 3 is 2.68 bits per heavy atom. The van der Waals surface area contributed by atoms with Crippen LogP contribution in [0.3, 0.4) is 0 Å². The lowest BCUT2D eigenvalue weighted by Crippen LogP contribution is -2.49. The minimum absolute atomic E-state index is 0.0148. The average molecular weight is 289 g/mol. The lowest BCUT2D eigenvalue weighted by Gasteiger charge is -2.37. The van der Waals surface area contributed by atoms with Crippen LogP contribution in [0, 0.1) is 5.92 Å². The summed E-state index contributed by atoms with van der Waals surface area (Å²) >= 11 is 0. The van der Waals surface area contributed by atoms with Crippen LogP contribution in [0.25, 0.3) is 0 Å². The van der Waals surface area contributed by atoms with Crippen molar-refractivity contribution in [1.29, 1.82) is 0 Å². The van der Waals surface area contributed by atoms with Gasteiger partial charge in [-0.3, -0.25) is 4.79 Å². The van der Waals surface area contributed by atoms with Crippen LogP contribution in [0.5, 0.6) is 0 Å². The van der Waals surface area contributed by atoms with Gasteiger partial charge in [0.2, 0.25) is 10.0 Å². The summed E-state index contributed by atoms with van der Waals surface area (Å²) in [5.41, 5.74) is 0. The topological polar surface area (TPSA) is 63.7 Å². The van der Waals surface area contributed by atoms with Crippen molar-refractivity contribution in [3.63, 3.8) is 0 Å². The third-order valence-electron chi connectivity index (χ3n) is 4.22. The van der Waals surface area contributed by atoms with Crippen LogP contribution in [0.4, 0.5) is 0 Å². The van der Waals surface area contributed by atoms with E-state index < -0.39 is 10.0 Å². The minimum Gasteiger partial charge on any atom is -0.384 e. The number of nitrogens with zero attached hydrogens (tertiary/aromatic N) is 1. The van der Waals surface area contributed by atoms with Gasteiger partial charge in [-0.1, -0.05) is 6.42 Å². The highest BCUT2D eigenvalue weighted by Crippen LogP contribution is 2.34. The fraction of sp³-hybridized carbons (Fsp3) is 0.923. The Morgan fingerprint density at radius 1 is 1.26 bits per heavy atom. The van der Waals surface area contributed by atoms with Crippen molar-refractivity contribution in [2.24, 2.45) is 5.92 Å². The van der Waals surface area contributed by atoms with E-state index >= 15 is 0 Å². The van der Waals surface area contributed by atoms with Crippen LogP contribution in [0.2, 0.25) is 0 Å². The van der Waals surface area contributed by atoms with Gasteiger partial charge >= 0.3 is 0 Å². The standard InChI is InChI=1S/C13H23NO4S/c1-18-9-10-19(16,17)14-8-3-2-6-12(14)11-5-4-7-13(11)15/h11-12H,2-10H2,1H3. The zero-order valence-corrected chi connectivity index (χ0v) is 12.3. The molecule has 0 amide bonds. The van der Waals surface area contributed by atoms with Gasteiger partial charge in [-0.2, -0.15) is 4.31 Å². The van der Waals surface area contributed by atoms with Crippen LogP contribution < -0.4 is 0 Å². The molecule has 0 aromatic carbocycles. The summed E-state index contributed by atoms with van der Waals surface area (Å²) in [6.45, 7) is 0.769. The number of Topliss-reactive ketones (excluding diaryl/α,β-unsaturated/α-hetero) is 1. The smallest absolute Gasteiger partial charge is 0.216 e. The molecule has 0 aromatic heterocycles. The zero-order chi connectivity index (χ0) is 13.9. The van der Waals surface area contributed by atoms with Gasteiger partial charge in [0.15, 0.2) is 0 Å². The van der Waals surface area contributed by atoms with E-state index in [-0.39, 0.29) is 30.1 Å². The Kier molecular flexibility index (Phi) is 4.97. The normalized spacial score (nSPS) is 29.8. The fourth-order valence-electron chi connectivity index (χ4n) is 3.23. The van der Waals surface area contributed by atoms with E-state index in [9.17, 15) is 13.2 Å². The molecular weight excluding hydrogens is 266 g/mol. The molecule has 1 aliphatic carbocycles. The van der Waals surface area contributed by atoms with Gasteiger partial charge in [-0.05, 0) is 25.7 Å². The molecule has 2 rings (SSSR count). The number of carbonyl (C=O) groups excluding carboxylic acids is 1. The monoisotopic (exact) mass is 289 g/mol. The van der Waals surface area contributed by atoms with Crippen LogP contribution in [-0.4, -0.2) is 50.6 Å². The molecule has 5 nitrogen and oxygen atoms in total. The first kappa shape index (κ1) is 14.9. The predicted molar refractivity (Wildman–Crippen MR) is 72.4 cm³/mol. The number of ketones is 1. The first-order valence-electron chi connectivity index (χ1n) is 7.07. The number of hydrogen-bond donors (Lipinski definition) is 0. The summed E-state index contributed by atoms with van der Waals surface area (Å²) < 4.78 is 31.2. The molecule has 2 aliphatic rings. The van der Waals surface area contributed by atoms with E-state index in [4.69, 9.17) is 4.74 Å². The average Bonchev–Trinajstić information content (AvgIpc) is 2.83. The summed E-state index contributed by atoms with van der Waals surface area (Å²) in [7, 11) is -1.80. The van der Waals surface area contributed by atoms with Crippen molar-refractivity contribution in [3.05, 3.63) is 0 Å². The van der Waals surface area contributed by atoms with Crippen molar-refractivity contribution in [2.75, 3.05) is 26.0 Å². The maximum Gasteiger partial charge on any atom is 0.216 e. The molecule has 0 aromatic rings. The molecule has 2 fully saturated rings. The number of rotatable bonds is 5. The first-order valence-corrected chi connectivity index (χ1v) is 8.68. The molecule has 1 heterocycles. The molecule has 0 N–H and O–H groups in total. The Balaban J connectivity index is 2.13. The Labute approximate surface area is 115 Å². The molecule has 6 heteroatoms. The summed E-state index contributed by atoms with van der Waals surface area (Å²) in [6.07, 6.45) is 5.11. The van der Waals surface area contributed by atoms with Crippen LogP contribution >= 0.6 is 0 Å². The summed E-state index contributed by atoms with van der Waals surface area (Å²) in [5, 5.41) is 0. The first-order chi connectivity index (χ1) is 9.06. The van der Waals surface area contributed by atoms with Crippen LogP contribution in [-0.2, 0) is 19.6 Å². The number of hydrogen-bond acceptors (Lipinski definition) is 4. The van der Waals surface area contributed by atoms with E-state index in [0.717, 1.165) is 32.1 Å². The van der Waals surface area contributed by atoms with Crippen molar-refractivity contribution in [2.45, 2.75) is 44.6 Å². The third-order valence-corrected chi connectivity index (χ3v) is 6.07. The number of methoxy groups -OCH3 is 1. The second kappa shape index (κ2) is 6.33. The van der Waals surface area contributed by atoms with Crippen molar-refractivity contribution < 1.29 is 17.9 Å². The molecule has 0 spiro atoms. The largest absolute Gasteiger partial charge is 0.384 e. The number of sulfonamides is 1. The summed E-state index contributed by atoms with van der Waals surface area (Å²) in [4.78, 5) is 11.9. The fourth-order valence-corrected chi connectivity index (χ4v) is 4.92. The molecule has 110 valence electrons. The molecular formula is C13H23NO4S. The molecule has 0 bridgehead atoms. The molecule has 2 atom stereocenters. The summed E-state index contributed by atoms with van der Waals surface area (Å²) in [5.74, 6) is 0.192. The van der Waals surface area contributed by atoms with Crippen molar-refractivity contribution in [1.82, 2.24) is 4.31 Å². The SMILES string of the molecule is COCCS(=O)(=O)N1CCCCC1C1CCCC1=O. The lowest BCUT2D eigenvalue weighted by atomic mass is 9.90. The molecule has 0 radical (unpaired) electrons. The van der Waals surface area contributed by atoms with Gasteiger partial charge in [-0.25, -0.2) is 8.42 Å². The Bertz CT molecular complexity index is 420. The van der Waals surface area contributed by atoms with Crippen molar-refractivity contribution >= 4 is 15.8 Å². The van der Waals surface area contributed by atoms with Crippen molar-refractivity contribution in [3.8, 4) is 0 Å². The Morgan fingerprint density at radius 2 is 2.05 bits per heavy atom. The molecule has 2 unspecified atom stereocenters. The highest BCUT2D eigenvalue weighted by Gasteiger charge is 2.41. The van der Waals surface area contributed by atoms with Gasteiger partial charge in [0.05, 0.1) is 12.4 Å². The van der Waals surface area contributed by atoms with Crippen LogP contribution in [0.1, 0.15) is 38.5 Å². The molecule has 1 saturated carbocycles. The predicted octanol–water partition coefficient (Wildman–Crippen LogP) is 1.19.